The van der Waals surface area contributed by atoms with E-state index in [9.17, 15) is 4.79 Å². The van der Waals surface area contributed by atoms with E-state index in [2.05, 4.69) is 10.1 Å². The van der Waals surface area contributed by atoms with Crippen LogP contribution in [-0.4, -0.2) is 22.6 Å². The molecule has 1 aliphatic heterocycles. The molecule has 1 aromatic carbocycles. The van der Waals surface area contributed by atoms with Crippen LogP contribution in [-0.2, 0) is 4.79 Å². The van der Waals surface area contributed by atoms with Crippen LogP contribution in [0.4, 0.5) is 5.69 Å². The summed E-state index contributed by atoms with van der Waals surface area (Å²) in [5.74, 6) is 0.559. The highest BCUT2D eigenvalue weighted by molar-refractivity contribution is 6.33. The normalized spacial score (nSPS) is 19.5. The molecular weight excluding hydrogens is 254 g/mol. The van der Waals surface area contributed by atoms with Gasteiger partial charge in [-0.1, -0.05) is 28.9 Å². The van der Waals surface area contributed by atoms with Crippen molar-refractivity contribution in [2.24, 2.45) is 0 Å². The number of halogens is 1. The first kappa shape index (κ1) is 11.2. The van der Waals surface area contributed by atoms with Crippen LogP contribution in [0.2, 0.25) is 5.02 Å². The Bertz CT molecular complexity index is 570. The fourth-order valence-electron chi connectivity index (χ4n) is 2.14. The Morgan fingerprint density at radius 1 is 1.39 bits per heavy atom. The molecular formula is C12H10ClN3O2. The van der Waals surface area contributed by atoms with Gasteiger partial charge in [0.15, 0.2) is 5.82 Å². The summed E-state index contributed by atoms with van der Waals surface area (Å²) in [7, 11) is 0. The van der Waals surface area contributed by atoms with Gasteiger partial charge in [0.1, 0.15) is 0 Å². The Labute approximate surface area is 108 Å². The number of carbonyl (C=O) groups is 1. The van der Waals surface area contributed by atoms with Crippen LogP contribution in [0.5, 0.6) is 0 Å². The Kier molecular flexibility index (Phi) is 2.76. The van der Waals surface area contributed by atoms with E-state index >= 15 is 0 Å². The molecule has 18 heavy (non-hydrogen) atoms. The number of nitrogens with zero attached hydrogens (tertiary/aromatic N) is 3. The highest BCUT2D eigenvalue weighted by Crippen LogP contribution is 2.33. The molecule has 1 saturated heterocycles. The van der Waals surface area contributed by atoms with Crippen LogP contribution in [0.15, 0.2) is 35.2 Å². The minimum absolute atomic E-state index is 0.0258. The topological polar surface area (TPSA) is 59.2 Å². The van der Waals surface area contributed by atoms with Gasteiger partial charge < -0.3 is 9.42 Å². The van der Waals surface area contributed by atoms with Crippen molar-refractivity contribution in [3.63, 3.8) is 0 Å². The molecule has 3 rings (SSSR count). The largest absolute Gasteiger partial charge is 0.343 e. The molecule has 1 aliphatic rings. The fourth-order valence-corrected chi connectivity index (χ4v) is 2.38. The molecule has 1 aromatic heterocycles. The number of carbonyl (C=O) groups excluding carboxylic acids is 1. The fraction of sp³-hybridized carbons (Fsp3) is 0.250. The van der Waals surface area contributed by atoms with E-state index in [1.54, 1.807) is 11.0 Å². The molecule has 2 heterocycles. The molecule has 6 heteroatoms. The zero-order chi connectivity index (χ0) is 12.5. The first-order valence-corrected chi connectivity index (χ1v) is 5.94. The van der Waals surface area contributed by atoms with Gasteiger partial charge in [-0.15, -0.1) is 0 Å². The van der Waals surface area contributed by atoms with Crippen LogP contribution in [0.3, 0.4) is 0 Å². The molecule has 0 bridgehead atoms. The summed E-state index contributed by atoms with van der Waals surface area (Å²) in [6, 6.07) is 7.30. The summed E-state index contributed by atoms with van der Waals surface area (Å²) in [5.41, 5.74) is 0.732. The summed E-state index contributed by atoms with van der Waals surface area (Å²) in [5, 5.41) is 4.35. The zero-order valence-corrected chi connectivity index (χ0v) is 10.2. The minimum atomic E-state index is -0.0347. The first-order chi connectivity index (χ1) is 8.75. The third-order valence-corrected chi connectivity index (χ3v) is 3.33. The molecule has 1 fully saturated rings. The first-order valence-electron chi connectivity index (χ1n) is 5.57. The van der Waals surface area contributed by atoms with E-state index in [0.717, 1.165) is 5.69 Å². The second-order valence-corrected chi connectivity index (χ2v) is 4.55. The van der Waals surface area contributed by atoms with E-state index in [4.69, 9.17) is 16.1 Å². The minimum Gasteiger partial charge on any atom is -0.343 e. The lowest BCUT2D eigenvalue weighted by Gasteiger charge is -2.17. The van der Waals surface area contributed by atoms with Crippen LogP contribution >= 0.6 is 11.6 Å². The predicted molar refractivity (Wildman–Crippen MR) is 65.5 cm³/mol. The van der Waals surface area contributed by atoms with Crippen molar-refractivity contribution in [1.82, 2.24) is 10.1 Å². The van der Waals surface area contributed by atoms with E-state index in [1.165, 1.54) is 6.39 Å². The van der Waals surface area contributed by atoms with Crippen molar-refractivity contribution in [3.05, 3.63) is 41.5 Å². The lowest BCUT2D eigenvalue weighted by Crippen LogP contribution is -2.24. The molecule has 1 amide bonds. The van der Waals surface area contributed by atoms with Gasteiger partial charge in [-0.05, 0) is 12.1 Å². The number of rotatable bonds is 2. The Morgan fingerprint density at radius 2 is 2.22 bits per heavy atom. The number of aromatic nitrogens is 2. The van der Waals surface area contributed by atoms with Gasteiger partial charge in [0.2, 0.25) is 12.3 Å². The molecule has 0 saturated carbocycles. The van der Waals surface area contributed by atoms with Crippen LogP contribution < -0.4 is 4.90 Å². The van der Waals surface area contributed by atoms with Gasteiger partial charge in [-0.3, -0.25) is 4.79 Å². The highest BCUT2D eigenvalue weighted by Gasteiger charge is 2.34. The number of benzene rings is 1. The average Bonchev–Trinajstić information content (AvgIpc) is 2.99. The zero-order valence-electron chi connectivity index (χ0n) is 9.41. The monoisotopic (exact) mass is 263 g/mol. The molecule has 2 aromatic rings. The summed E-state index contributed by atoms with van der Waals surface area (Å²) in [6.07, 6.45) is 1.66. The van der Waals surface area contributed by atoms with E-state index in [-0.39, 0.29) is 11.8 Å². The molecule has 0 radical (unpaired) electrons. The quantitative estimate of drug-likeness (QED) is 0.834. The molecule has 0 aliphatic carbocycles. The predicted octanol–water partition coefficient (Wildman–Crippen LogP) is 2.24. The molecule has 1 atom stereocenters. The van der Waals surface area contributed by atoms with Gasteiger partial charge in [0, 0.05) is 18.9 Å². The average molecular weight is 264 g/mol. The van der Waals surface area contributed by atoms with Crippen molar-refractivity contribution in [1.29, 1.82) is 0 Å². The van der Waals surface area contributed by atoms with E-state index in [1.807, 2.05) is 18.2 Å². The van der Waals surface area contributed by atoms with Crippen LogP contribution in [0.1, 0.15) is 18.2 Å². The van der Waals surface area contributed by atoms with Crippen molar-refractivity contribution in [2.45, 2.75) is 12.3 Å². The lowest BCUT2D eigenvalue weighted by atomic mass is 10.1. The SMILES string of the molecule is O=C1CC(c2ncon2)CN1c1ccccc1Cl. The summed E-state index contributed by atoms with van der Waals surface area (Å²) < 4.78 is 4.71. The number of hydrogen-bond donors (Lipinski definition) is 0. The van der Waals surface area contributed by atoms with Crippen molar-refractivity contribution in [3.8, 4) is 0 Å². The van der Waals surface area contributed by atoms with Crippen LogP contribution in [0.25, 0.3) is 0 Å². The van der Waals surface area contributed by atoms with Crippen LogP contribution in [0, 0.1) is 0 Å². The Hall–Kier alpha value is -1.88. The Balaban J connectivity index is 1.88. The number of hydrogen-bond acceptors (Lipinski definition) is 4. The molecule has 0 spiro atoms. The molecule has 5 nitrogen and oxygen atoms in total. The summed E-state index contributed by atoms with van der Waals surface area (Å²) in [6.45, 7) is 0.530. The number of amides is 1. The summed E-state index contributed by atoms with van der Waals surface area (Å²) in [4.78, 5) is 17.7. The maximum atomic E-state index is 12.0. The number of anilines is 1. The second-order valence-electron chi connectivity index (χ2n) is 4.15. The smallest absolute Gasteiger partial charge is 0.227 e. The second kappa shape index (κ2) is 4.42. The van der Waals surface area contributed by atoms with Crippen molar-refractivity contribution in [2.75, 3.05) is 11.4 Å². The lowest BCUT2D eigenvalue weighted by molar-refractivity contribution is -0.117. The third kappa shape index (κ3) is 1.86. The standard InChI is InChI=1S/C12H10ClN3O2/c13-9-3-1-2-4-10(9)16-6-8(5-11(16)17)12-14-7-18-15-12/h1-4,7-8H,5-6H2. The molecule has 92 valence electrons. The summed E-state index contributed by atoms with van der Waals surface area (Å²) >= 11 is 6.10. The van der Waals surface area contributed by atoms with Gasteiger partial charge in [0.25, 0.3) is 0 Å². The highest BCUT2D eigenvalue weighted by atomic mass is 35.5. The Morgan fingerprint density at radius 3 is 2.94 bits per heavy atom. The number of para-hydroxylation sites is 1. The van der Waals surface area contributed by atoms with Gasteiger partial charge in [-0.2, -0.15) is 4.98 Å². The van der Waals surface area contributed by atoms with Crippen molar-refractivity contribution < 1.29 is 9.32 Å². The maximum Gasteiger partial charge on any atom is 0.227 e. The van der Waals surface area contributed by atoms with Gasteiger partial charge in [0.05, 0.1) is 10.7 Å². The third-order valence-electron chi connectivity index (χ3n) is 3.01. The van der Waals surface area contributed by atoms with Crippen molar-refractivity contribution >= 4 is 23.2 Å². The van der Waals surface area contributed by atoms with Gasteiger partial charge >= 0.3 is 0 Å². The van der Waals surface area contributed by atoms with E-state index in [0.29, 0.717) is 23.8 Å². The van der Waals surface area contributed by atoms with E-state index < -0.39 is 0 Å². The maximum absolute atomic E-state index is 12.0. The molecule has 1 unspecified atom stereocenters. The van der Waals surface area contributed by atoms with Gasteiger partial charge in [-0.25, -0.2) is 0 Å². The molecule has 0 N–H and O–H groups in total.